The van der Waals surface area contributed by atoms with Gasteiger partial charge in [-0.25, -0.2) is 0 Å². The molecule has 1 atom stereocenters. The predicted molar refractivity (Wildman–Crippen MR) is 34.0 cm³/mol. The van der Waals surface area contributed by atoms with Gasteiger partial charge in [0.1, 0.15) is 5.75 Å². The van der Waals surface area contributed by atoms with E-state index in [2.05, 4.69) is 0 Å². The summed E-state index contributed by atoms with van der Waals surface area (Å²) in [5.41, 5.74) is 0.238. The number of aromatic hydroxyl groups is 1. The summed E-state index contributed by atoms with van der Waals surface area (Å²) >= 11 is 0. The molecule has 2 nitrogen and oxygen atoms in total. The van der Waals surface area contributed by atoms with Crippen LogP contribution in [0, 0.1) is 0 Å². The molecule has 0 amide bonds. The molecule has 0 radical (unpaired) electrons. The predicted octanol–water partition coefficient (Wildman–Crippen LogP) is 0.884. The summed E-state index contributed by atoms with van der Waals surface area (Å²) < 4.78 is 6.86. The molecule has 2 N–H and O–H groups in total. The summed E-state index contributed by atoms with van der Waals surface area (Å²) in [7, 11) is 0. The quantitative estimate of drug-likeness (QED) is 0.585. The molecule has 1 aromatic rings. The zero-order valence-electron chi connectivity index (χ0n) is 5.78. The Labute approximate surface area is 54.8 Å². The van der Waals surface area contributed by atoms with Gasteiger partial charge in [0.25, 0.3) is 0 Å². The molecular formula is C7H8O2. The molecule has 0 unspecified atom stereocenters. The molecule has 0 spiro atoms. The van der Waals surface area contributed by atoms with Gasteiger partial charge in [-0.15, -0.1) is 0 Å². The number of para-hydroxylation sites is 1. The van der Waals surface area contributed by atoms with E-state index in [1.165, 1.54) is 12.1 Å². The van der Waals surface area contributed by atoms with Crippen molar-refractivity contribution in [2.45, 2.75) is 6.58 Å². The molecule has 0 bridgehead atoms. The van der Waals surface area contributed by atoms with Gasteiger partial charge in [-0.3, -0.25) is 0 Å². The maximum atomic E-state index is 9.00. The Bertz CT molecular complexity index is 223. The lowest BCUT2D eigenvalue weighted by molar-refractivity contribution is 0.275. The molecule has 0 fully saturated rings. The van der Waals surface area contributed by atoms with Crippen molar-refractivity contribution >= 4 is 0 Å². The van der Waals surface area contributed by atoms with Crippen molar-refractivity contribution in [3.63, 3.8) is 0 Å². The first-order chi connectivity index (χ1) is 4.72. The van der Waals surface area contributed by atoms with Crippen molar-refractivity contribution < 1.29 is 11.6 Å². The summed E-state index contributed by atoms with van der Waals surface area (Å²) in [5, 5.41) is 17.7. The molecule has 48 valence electrons. The zero-order valence-corrected chi connectivity index (χ0v) is 4.78. The smallest absolute Gasteiger partial charge is 0.121 e. The van der Waals surface area contributed by atoms with Crippen molar-refractivity contribution in [2.24, 2.45) is 0 Å². The van der Waals surface area contributed by atoms with E-state index in [-0.39, 0.29) is 11.3 Å². The molecular weight excluding hydrogens is 116 g/mol. The maximum Gasteiger partial charge on any atom is 0.121 e. The lowest BCUT2D eigenvalue weighted by atomic mass is 10.2. The Balaban J connectivity index is 3.03. The van der Waals surface area contributed by atoms with Crippen molar-refractivity contribution in [2.75, 3.05) is 0 Å². The van der Waals surface area contributed by atoms with E-state index >= 15 is 0 Å². The summed E-state index contributed by atoms with van der Waals surface area (Å²) in [6.45, 7) is -1.35. The highest BCUT2D eigenvalue weighted by Crippen LogP contribution is 2.14. The van der Waals surface area contributed by atoms with Crippen LogP contribution in [0.1, 0.15) is 6.93 Å². The number of rotatable bonds is 1. The van der Waals surface area contributed by atoms with E-state index < -0.39 is 6.58 Å². The van der Waals surface area contributed by atoms with Gasteiger partial charge in [-0.05, 0) is 6.07 Å². The Morgan fingerprint density at radius 2 is 2.11 bits per heavy atom. The minimum Gasteiger partial charge on any atom is -0.508 e. The van der Waals surface area contributed by atoms with Gasteiger partial charge in [0.05, 0.1) is 7.95 Å². The van der Waals surface area contributed by atoms with E-state index in [1.54, 1.807) is 12.1 Å². The van der Waals surface area contributed by atoms with Crippen LogP contribution in [0.3, 0.4) is 0 Å². The van der Waals surface area contributed by atoms with E-state index in [9.17, 15) is 0 Å². The number of hydrogen-bond acceptors (Lipinski definition) is 2. The summed E-state index contributed by atoms with van der Waals surface area (Å²) in [5.74, 6) is -0.0370. The van der Waals surface area contributed by atoms with Gasteiger partial charge < -0.3 is 10.2 Å². The molecule has 0 saturated heterocycles. The monoisotopic (exact) mass is 125 g/mol. The zero-order chi connectivity index (χ0) is 7.56. The highest BCUT2D eigenvalue weighted by molar-refractivity contribution is 5.30. The average molecular weight is 125 g/mol. The fourth-order valence-electron chi connectivity index (χ4n) is 0.597. The third-order valence-corrected chi connectivity index (χ3v) is 1.08. The highest BCUT2D eigenvalue weighted by atomic mass is 16.3. The van der Waals surface area contributed by atoms with Crippen LogP contribution >= 0.6 is 0 Å². The second-order valence-corrected chi connectivity index (χ2v) is 1.69. The first kappa shape index (κ1) is 4.82. The van der Waals surface area contributed by atoms with Gasteiger partial charge in [0.15, 0.2) is 0 Å². The summed E-state index contributed by atoms with van der Waals surface area (Å²) in [4.78, 5) is 0. The number of aliphatic hydroxyl groups is 1. The number of hydrogen-bond donors (Lipinski definition) is 2. The molecule has 0 aliphatic carbocycles. The van der Waals surface area contributed by atoms with Crippen LogP contribution in [0.5, 0.6) is 5.75 Å². The largest absolute Gasteiger partial charge is 0.508 e. The standard InChI is InChI=1S/C7H8O2/c8-5-6-3-1-2-4-7(6)9/h1-4,8-9H,5H2/i5D/t5-/m1/s1. The Hall–Kier alpha value is -1.02. The topological polar surface area (TPSA) is 40.5 Å². The fraction of sp³-hybridized carbons (Fsp3) is 0.143. The molecule has 0 aliphatic heterocycles. The lowest BCUT2D eigenvalue weighted by Crippen LogP contribution is -1.80. The Kier molecular flexibility index (Phi) is 1.34. The highest BCUT2D eigenvalue weighted by Gasteiger charge is 1.93. The van der Waals surface area contributed by atoms with E-state index in [0.717, 1.165) is 0 Å². The van der Waals surface area contributed by atoms with Crippen LogP contribution < -0.4 is 0 Å². The van der Waals surface area contributed by atoms with Crippen LogP contribution in [-0.4, -0.2) is 10.2 Å². The van der Waals surface area contributed by atoms with Crippen molar-refractivity contribution in [1.29, 1.82) is 0 Å². The van der Waals surface area contributed by atoms with Gasteiger partial charge >= 0.3 is 0 Å². The second kappa shape index (κ2) is 2.51. The molecule has 0 aliphatic rings. The SMILES string of the molecule is [2H][C@@H](O)c1ccccc1O. The van der Waals surface area contributed by atoms with E-state index in [4.69, 9.17) is 11.6 Å². The molecule has 1 rings (SSSR count). The van der Waals surface area contributed by atoms with Crippen LogP contribution in [0.15, 0.2) is 24.3 Å². The lowest BCUT2D eigenvalue weighted by Gasteiger charge is -1.96. The Morgan fingerprint density at radius 1 is 1.44 bits per heavy atom. The van der Waals surface area contributed by atoms with Gasteiger partial charge in [0.2, 0.25) is 0 Å². The third-order valence-electron chi connectivity index (χ3n) is 1.08. The third kappa shape index (κ3) is 1.21. The molecule has 2 heteroatoms. The van der Waals surface area contributed by atoms with Gasteiger partial charge in [-0.2, -0.15) is 0 Å². The van der Waals surface area contributed by atoms with Crippen molar-refractivity contribution in [3.05, 3.63) is 29.8 Å². The molecule has 0 heterocycles. The van der Waals surface area contributed by atoms with E-state index in [1.807, 2.05) is 0 Å². The molecule has 9 heavy (non-hydrogen) atoms. The van der Waals surface area contributed by atoms with Crippen LogP contribution in [0.2, 0.25) is 0 Å². The Morgan fingerprint density at radius 3 is 2.56 bits per heavy atom. The molecule has 1 aromatic carbocycles. The first-order valence-electron chi connectivity index (χ1n) is 3.18. The van der Waals surface area contributed by atoms with Crippen LogP contribution in [0.25, 0.3) is 0 Å². The maximum absolute atomic E-state index is 9.00. The minimum absolute atomic E-state index is 0.0370. The van der Waals surface area contributed by atoms with Crippen molar-refractivity contribution in [1.82, 2.24) is 0 Å². The van der Waals surface area contributed by atoms with Crippen molar-refractivity contribution in [3.8, 4) is 5.75 Å². The number of phenols is 1. The first-order valence-corrected chi connectivity index (χ1v) is 2.60. The average Bonchev–Trinajstić information content (AvgIpc) is 1.88. The van der Waals surface area contributed by atoms with Gasteiger partial charge in [0, 0.05) is 5.56 Å². The molecule has 0 aromatic heterocycles. The summed E-state index contributed by atoms with van der Waals surface area (Å²) in [6.07, 6.45) is 0. The fourth-order valence-corrected chi connectivity index (χ4v) is 0.597. The molecule has 0 saturated carbocycles. The van der Waals surface area contributed by atoms with Gasteiger partial charge in [-0.1, -0.05) is 18.2 Å². The normalized spacial score (nSPS) is 14.6. The number of benzene rings is 1. The minimum atomic E-state index is -1.35. The van der Waals surface area contributed by atoms with Crippen LogP contribution in [-0.2, 0) is 6.58 Å². The summed E-state index contributed by atoms with van der Waals surface area (Å²) in [6, 6.07) is 6.24. The van der Waals surface area contributed by atoms with E-state index in [0.29, 0.717) is 0 Å². The number of aliphatic hydroxyl groups excluding tert-OH is 1. The second-order valence-electron chi connectivity index (χ2n) is 1.69. The van der Waals surface area contributed by atoms with Crippen LogP contribution in [0.4, 0.5) is 0 Å².